The number of rotatable bonds is 6. The van der Waals surface area contributed by atoms with Crippen LogP contribution in [0.25, 0.3) is 11.3 Å². The zero-order valence-electron chi connectivity index (χ0n) is 14.7. The number of benzene rings is 1. The molecule has 2 aromatic heterocycles. The maximum Gasteiger partial charge on any atom is 0.319 e. The van der Waals surface area contributed by atoms with E-state index in [0.29, 0.717) is 21.7 Å². The number of carboxylic acid groups (broad SMARTS) is 1. The van der Waals surface area contributed by atoms with Gasteiger partial charge in [0.05, 0.1) is 18.4 Å². The Bertz CT molecular complexity index is 974. The molecule has 0 aliphatic rings. The number of hydrogen-bond acceptors (Lipinski definition) is 4. The molecule has 27 heavy (non-hydrogen) atoms. The number of aliphatic carboxylic acids is 1. The predicted octanol–water partition coefficient (Wildman–Crippen LogP) is 5.26. The van der Waals surface area contributed by atoms with E-state index in [1.807, 2.05) is 16.7 Å². The van der Waals surface area contributed by atoms with E-state index < -0.39 is 10.7 Å². The molecular formula is C19H17Cl2N3O2S. The molecule has 0 amide bonds. The molecule has 0 saturated heterocycles. The summed E-state index contributed by atoms with van der Waals surface area (Å²) in [6.45, 7) is 3.70. The quantitative estimate of drug-likeness (QED) is 0.549. The van der Waals surface area contributed by atoms with Crippen molar-refractivity contribution in [3.63, 3.8) is 0 Å². The Labute approximate surface area is 171 Å². The lowest BCUT2D eigenvalue weighted by molar-refractivity contribution is -0.138. The van der Waals surface area contributed by atoms with Crippen molar-refractivity contribution >= 4 is 40.9 Å². The molecule has 8 heteroatoms. The maximum atomic E-state index is 11.6. The van der Waals surface area contributed by atoms with Gasteiger partial charge in [0.2, 0.25) is 0 Å². The lowest BCUT2D eigenvalue weighted by atomic mass is 10.2. The number of halogens is 2. The molecule has 0 atom stereocenters. The van der Waals surface area contributed by atoms with Crippen LogP contribution in [0.1, 0.15) is 19.4 Å². The topological polar surface area (TPSA) is 68.0 Å². The van der Waals surface area contributed by atoms with Crippen LogP contribution < -0.4 is 0 Å². The van der Waals surface area contributed by atoms with Gasteiger partial charge in [0.1, 0.15) is 4.75 Å². The van der Waals surface area contributed by atoms with Crippen molar-refractivity contribution in [2.75, 3.05) is 0 Å². The maximum absolute atomic E-state index is 11.6. The zero-order chi connectivity index (χ0) is 19.6. The van der Waals surface area contributed by atoms with Crippen LogP contribution in [0.2, 0.25) is 10.0 Å². The standard InChI is InChI=1S/C19H17Cl2N3O2S/c1-19(2,17(25)26)27-18-23-10-16(12-4-3-7-22-9-12)24(18)11-13-8-14(20)5-6-15(13)21/h3-10H,11H2,1-2H3,(H,25,26). The molecule has 1 N–H and O–H groups in total. The molecule has 0 aliphatic heterocycles. The van der Waals surface area contributed by atoms with E-state index in [1.165, 1.54) is 11.8 Å². The van der Waals surface area contributed by atoms with Crippen molar-refractivity contribution in [2.45, 2.75) is 30.3 Å². The Morgan fingerprint density at radius 3 is 2.70 bits per heavy atom. The molecular weight excluding hydrogens is 405 g/mol. The summed E-state index contributed by atoms with van der Waals surface area (Å²) in [7, 11) is 0. The lowest BCUT2D eigenvalue weighted by Gasteiger charge is -2.20. The van der Waals surface area contributed by atoms with Gasteiger partial charge >= 0.3 is 5.97 Å². The van der Waals surface area contributed by atoms with Gasteiger partial charge in [-0.15, -0.1) is 0 Å². The number of carbonyl (C=O) groups is 1. The summed E-state index contributed by atoms with van der Waals surface area (Å²) in [5.74, 6) is -0.911. The highest BCUT2D eigenvalue weighted by molar-refractivity contribution is 8.01. The number of thioether (sulfide) groups is 1. The number of hydrogen-bond donors (Lipinski definition) is 1. The first-order chi connectivity index (χ1) is 12.8. The average Bonchev–Trinajstić information content (AvgIpc) is 3.00. The van der Waals surface area contributed by atoms with E-state index in [4.69, 9.17) is 23.2 Å². The van der Waals surface area contributed by atoms with Gasteiger partial charge in [-0.2, -0.15) is 0 Å². The minimum absolute atomic E-state index is 0.404. The lowest BCUT2D eigenvalue weighted by Crippen LogP contribution is -2.27. The molecule has 0 spiro atoms. The second kappa shape index (κ2) is 7.92. The predicted molar refractivity (Wildman–Crippen MR) is 109 cm³/mol. The largest absolute Gasteiger partial charge is 0.480 e. The molecule has 3 aromatic rings. The van der Waals surface area contributed by atoms with Gasteiger partial charge in [-0.05, 0) is 49.7 Å². The molecule has 0 saturated carbocycles. The van der Waals surface area contributed by atoms with Crippen LogP contribution in [0.4, 0.5) is 0 Å². The minimum atomic E-state index is -1.03. The van der Waals surface area contributed by atoms with Gasteiger partial charge in [-0.1, -0.05) is 35.0 Å². The number of carboxylic acids is 1. The second-order valence-electron chi connectivity index (χ2n) is 6.41. The Morgan fingerprint density at radius 1 is 1.26 bits per heavy atom. The number of aromatic nitrogens is 3. The van der Waals surface area contributed by atoms with Crippen LogP contribution >= 0.6 is 35.0 Å². The average molecular weight is 422 g/mol. The van der Waals surface area contributed by atoms with Gasteiger partial charge < -0.3 is 9.67 Å². The highest BCUT2D eigenvalue weighted by Crippen LogP contribution is 2.35. The highest BCUT2D eigenvalue weighted by atomic mass is 35.5. The summed E-state index contributed by atoms with van der Waals surface area (Å²) >= 11 is 13.6. The number of nitrogens with zero attached hydrogens (tertiary/aromatic N) is 3. The minimum Gasteiger partial charge on any atom is -0.480 e. The van der Waals surface area contributed by atoms with Crippen molar-refractivity contribution < 1.29 is 9.90 Å². The fourth-order valence-electron chi connectivity index (χ4n) is 2.44. The van der Waals surface area contributed by atoms with Crippen molar-refractivity contribution in [3.8, 4) is 11.3 Å². The Morgan fingerprint density at radius 2 is 2.04 bits per heavy atom. The monoisotopic (exact) mass is 421 g/mol. The molecule has 3 rings (SSSR count). The molecule has 5 nitrogen and oxygen atoms in total. The van der Waals surface area contributed by atoms with Gasteiger partial charge in [0.15, 0.2) is 5.16 Å². The van der Waals surface area contributed by atoms with E-state index >= 15 is 0 Å². The van der Waals surface area contributed by atoms with Crippen molar-refractivity contribution in [1.82, 2.24) is 14.5 Å². The second-order valence-corrected chi connectivity index (χ2v) is 8.84. The van der Waals surface area contributed by atoms with Crippen LogP contribution in [0.5, 0.6) is 0 Å². The smallest absolute Gasteiger partial charge is 0.319 e. The van der Waals surface area contributed by atoms with Gasteiger partial charge in [0.25, 0.3) is 0 Å². The molecule has 0 fully saturated rings. The van der Waals surface area contributed by atoms with Crippen molar-refractivity contribution in [2.24, 2.45) is 0 Å². The van der Waals surface area contributed by atoms with Crippen LogP contribution in [-0.4, -0.2) is 30.4 Å². The highest BCUT2D eigenvalue weighted by Gasteiger charge is 2.31. The molecule has 0 bridgehead atoms. The normalized spacial score (nSPS) is 11.6. The molecule has 0 aliphatic carbocycles. The van der Waals surface area contributed by atoms with E-state index in [0.717, 1.165) is 16.8 Å². The Hall–Kier alpha value is -2.02. The van der Waals surface area contributed by atoms with Crippen LogP contribution in [0, 0.1) is 0 Å². The Balaban J connectivity index is 2.08. The fraction of sp³-hybridized carbons (Fsp3) is 0.211. The molecule has 1 aromatic carbocycles. The third kappa shape index (κ3) is 4.46. The van der Waals surface area contributed by atoms with Crippen LogP contribution in [0.3, 0.4) is 0 Å². The SMILES string of the molecule is CC(C)(Sc1ncc(-c2cccnc2)n1Cc1cc(Cl)ccc1Cl)C(=O)O. The number of imidazole rings is 1. The molecule has 0 unspecified atom stereocenters. The zero-order valence-corrected chi connectivity index (χ0v) is 17.0. The summed E-state index contributed by atoms with van der Waals surface area (Å²) in [5.41, 5.74) is 2.52. The van der Waals surface area contributed by atoms with Crippen molar-refractivity contribution in [3.05, 3.63) is 64.5 Å². The van der Waals surface area contributed by atoms with E-state index in [2.05, 4.69) is 9.97 Å². The van der Waals surface area contributed by atoms with Crippen molar-refractivity contribution in [1.29, 1.82) is 0 Å². The third-order valence-electron chi connectivity index (χ3n) is 3.97. The van der Waals surface area contributed by atoms with E-state index in [-0.39, 0.29) is 0 Å². The fourth-order valence-corrected chi connectivity index (χ4v) is 3.74. The van der Waals surface area contributed by atoms with E-state index in [1.54, 1.807) is 50.6 Å². The molecule has 0 radical (unpaired) electrons. The first kappa shape index (κ1) is 19.7. The van der Waals surface area contributed by atoms with Crippen LogP contribution in [-0.2, 0) is 11.3 Å². The summed E-state index contributed by atoms with van der Waals surface area (Å²) in [6.07, 6.45) is 5.15. The molecule has 140 valence electrons. The first-order valence-corrected chi connectivity index (χ1v) is 9.67. The Kier molecular flexibility index (Phi) is 5.79. The summed E-state index contributed by atoms with van der Waals surface area (Å²) in [6, 6.07) is 9.04. The van der Waals surface area contributed by atoms with Gasteiger partial charge in [-0.3, -0.25) is 9.78 Å². The van der Waals surface area contributed by atoms with E-state index in [9.17, 15) is 9.90 Å². The first-order valence-electron chi connectivity index (χ1n) is 8.10. The summed E-state index contributed by atoms with van der Waals surface area (Å²) in [5, 5.41) is 11.2. The van der Waals surface area contributed by atoms with Gasteiger partial charge in [-0.25, -0.2) is 4.98 Å². The summed E-state index contributed by atoms with van der Waals surface area (Å²) < 4.78 is 0.900. The number of pyridine rings is 1. The van der Waals surface area contributed by atoms with Crippen LogP contribution in [0.15, 0.2) is 54.1 Å². The summed E-state index contributed by atoms with van der Waals surface area (Å²) in [4.78, 5) is 20.2. The molecule has 2 heterocycles. The van der Waals surface area contributed by atoms with Gasteiger partial charge in [0, 0.05) is 28.0 Å². The third-order valence-corrected chi connectivity index (χ3v) is 5.77.